The van der Waals surface area contributed by atoms with Crippen LogP contribution in [0.15, 0.2) is 0 Å². The van der Waals surface area contributed by atoms with Crippen molar-refractivity contribution in [3.8, 4) is 0 Å². The van der Waals surface area contributed by atoms with Gasteiger partial charge in [0.05, 0.1) is 0 Å². The average Bonchev–Trinajstić information content (AvgIpc) is 2.46. The number of halogens is 2. The van der Waals surface area contributed by atoms with Crippen LogP contribution in [0.2, 0.25) is 0 Å². The van der Waals surface area contributed by atoms with Crippen LogP contribution in [-0.4, -0.2) is 28.9 Å². The zero-order valence-electron chi connectivity index (χ0n) is 11.3. The molecule has 0 aromatic carbocycles. The number of nitrogens with one attached hydrogen (secondary N) is 1. The fraction of sp³-hybridized carbons (Fsp3) is 0.846. The first-order valence-corrected chi connectivity index (χ1v) is 6.64. The Morgan fingerprint density at radius 2 is 1.89 bits per heavy atom. The van der Waals surface area contributed by atoms with Gasteiger partial charge in [0.15, 0.2) is 0 Å². The fourth-order valence-electron chi connectivity index (χ4n) is 2.31. The van der Waals surface area contributed by atoms with Crippen molar-refractivity contribution in [2.45, 2.75) is 57.9 Å². The third-order valence-electron chi connectivity index (χ3n) is 3.55. The SMILES string of the molecule is CC(C)C(NC(=O)C1CCCC(F)(F)CC1)C(=O)O. The van der Waals surface area contributed by atoms with E-state index in [0.29, 0.717) is 12.8 Å². The highest BCUT2D eigenvalue weighted by Crippen LogP contribution is 2.34. The van der Waals surface area contributed by atoms with Crippen molar-refractivity contribution in [1.82, 2.24) is 5.32 Å². The Morgan fingerprint density at radius 1 is 1.26 bits per heavy atom. The molecule has 1 fully saturated rings. The van der Waals surface area contributed by atoms with E-state index in [1.807, 2.05) is 0 Å². The third kappa shape index (κ3) is 4.76. The van der Waals surface area contributed by atoms with Gasteiger partial charge >= 0.3 is 5.97 Å². The maximum atomic E-state index is 13.2. The van der Waals surface area contributed by atoms with Crippen LogP contribution in [0, 0.1) is 11.8 Å². The zero-order valence-corrected chi connectivity index (χ0v) is 11.3. The monoisotopic (exact) mass is 277 g/mol. The summed E-state index contributed by atoms with van der Waals surface area (Å²) in [6.07, 6.45) is 0.313. The van der Waals surface area contributed by atoms with Crippen LogP contribution in [0.25, 0.3) is 0 Å². The Kier molecular flexibility index (Phi) is 5.26. The van der Waals surface area contributed by atoms with Crippen molar-refractivity contribution in [3.05, 3.63) is 0 Å². The molecule has 0 aliphatic heterocycles. The average molecular weight is 277 g/mol. The second-order valence-electron chi connectivity index (χ2n) is 5.55. The van der Waals surface area contributed by atoms with Gasteiger partial charge in [-0.05, 0) is 25.2 Å². The summed E-state index contributed by atoms with van der Waals surface area (Å²) in [4.78, 5) is 23.0. The highest BCUT2D eigenvalue weighted by Gasteiger charge is 2.35. The molecule has 2 unspecified atom stereocenters. The lowest BCUT2D eigenvalue weighted by molar-refractivity contribution is -0.143. The highest BCUT2D eigenvalue weighted by molar-refractivity contribution is 5.85. The van der Waals surface area contributed by atoms with Crippen molar-refractivity contribution in [2.75, 3.05) is 0 Å². The molecule has 0 spiro atoms. The summed E-state index contributed by atoms with van der Waals surface area (Å²) in [6, 6.07) is -0.962. The molecule has 0 saturated heterocycles. The van der Waals surface area contributed by atoms with E-state index in [4.69, 9.17) is 5.11 Å². The summed E-state index contributed by atoms with van der Waals surface area (Å²) >= 11 is 0. The van der Waals surface area contributed by atoms with Gasteiger partial charge in [-0.3, -0.25) is 4.79 Å². The number of hydrogen-bond donors (Lipinski definition) is 2. The molecule has 1 aliphatic carbocycles. The smallest absolute Gasteiger partial charge is 0.326 e. The molecular weight excluding hydrogens is 256 g/mol. The molecule has 1 aliphatic rings. The second kappa shape index (κ2) is 6.30. The summed E-state index contributed by atoms with van der Waals surface area (Å²) < 4.78 is 26.4. The molecule has 2 atom stereocenters. The number of carbonyl (C=O) groups excluding carboxylic acids is 1. The van der Waals surface area contributed by atoms with Gasteiger partial charge in [-0.25, -0.2) is 13.6 Å². The van der Waals surface area contributed by atoms with Gasteiger partial charge in [0, 0.05) is 18.8 Å². The minimum atomic E-state index is -2.70. The van der Waals surface area contributed by atoms with Crippen molar-refractivity contribution in [2.24, 2.45) is 11.8 Å². The molecular formula is C13H21F2NO3. The molecule has 0 bridgehead atoms. The van der Waals surface area contributed by atoms with Crippen molar-refractivity contribution >= 4 is 11.9 Å². The van der Waals surface area contributed by atoms with Crippen LogP contribution in [0.5, 0.6) is 0 Å². The number of carboxylic acids is 1. The predicted octanol–water partition coefficient (Wildman–Crippen LogP) is 2.43. The minimum absolute atomic E-state index is 0.114. The first kappa shape index (κ1) is 15.9. The lowest BCUT2D eigenvalue weighted by Gasteiger charge is -2.21. The van der Waals surface area contributed by atoms with Gasteiger partial charge < -0.3 is 10.4 Å². The lowest BCUT2D eigenvalue weighted by Crippen LogP contribution is -2.46. The second-order valence-corrected chi connectivity index (χ2v) is 5.55. The van der Waals surface area contributed by atoms with E-state index in [9.17, 15) is 18.4 Å². The van der Waals surface area contributed by atoms with Gasteiger partial charge in [-0.15, -0.1) is 0 Å². The van der Waals surface area contributed by atoms with Gasteiger partial charge in [0.25, 0.3) is 0 Å². The Labute approximate surface area is 111 Å². The predicted molar refractivity (Wildman–Crippen MR) is 65.9 cm³/mol. The van der Waals surface area contributed by atoms with Gasteiger partial charge in [0.2, 0.25) is 11.8 Å². The minimum Gasteiger partial charge on any atom is -0.480 e. The van der Waals surface area contributed by atoms with E-state index in [1.165, 1.54) is 0 Å². The molecule has 2 N–H and O–H groups in total. The Bertz CT molecular complexity index is 345. The molecule has 0 radical (unpaired) electrons. The first-order chi connectivity index (χ1) is 8.73. The molecule has 0 heterocycles. The van der Waals surface area contributed by atoms with Crippen LogP contribution in [0.3, 0.4) is 0 Å². The molecule has 4 nitrogen and oxygen atoms in total. The van der Waals surface area contributed by atoms with Crippen molar-refractivity contribution in [1.29, 1.82) is 0 Å². The quantitative estimate of drug-likeness (QED) is 0.776. The third-order valence-corrected chi connectivity index (χ3v) is 3.55. The van der Waals surface area contributed by atoms with E-state index in [2.05, 4.69) is 5.32 Å². The number of amides is 1. The van der Waals surface area contributed by atoms with Gasteiger partial charge in [-0.1, -0.05) is 13.8 Å². The Morgan fingerprint density at radius 3 is 2.42 bits per heavy atom. The zero-order chi connectivity index (χ0) is 14.6. The maximum Gasteiger partial charge on any atom is 0.326 e. The summed E-state index contributed by atoms with van der Waals surface area (Å²) in [7, 11) is 0. The standard InChI is InChI=1S/C13H21F2NO3/c1-8(2)10(12(18)19)16-11(17)9-4-3-6-13(14,15)7-5-9/h8-10H,3-7H2,1-2H3,(H,16,17)(H,18,19). The van der Waals surface area contributed by atoms with Crippen LogP contribution < -0.4 is 5.32 Å². The van der Waals surface area contributed by atoms with Crippen molar-refractivity contribution in [3.63, 3.8) is 0 Å². The van der Waals surface area contributed by atoms with E-state index in [-0.39, 0.29) is 25.2 Å². The summed E-state index contributed by atoms with van der Waals surface area (Å²) in [5.41, 5.74) is 0. The molecule has 19 heavy (non-hydrogen) atoms. The molecule has 1 rings (SSSR count). The van der Waals surface area contributed by atoms with Crippen LogP contribution >= 0.6 is 0 Å². The number of carboxylic acid groups (broad SMARTS) is 1. The topological polar surface area (TPSA) is 66.4 Å². The number of alkyl halides is 2. The van der Waals surface area contributed by atoms with E-state index < -0.39 is 29.8 Å². The molecule has 110 valence electrons. The molecule has 1 saturated carbocycles. The van der Waals surface area contributed by atoms with E-state index in [0.717, 1.165) is 0 Å². The van der Waals surface area contributed by atoms with Gasteiger partial charge in [-0.2, -0.15) is 0 Å². The molecule has 6 heteroatoms. The summed E-state index contributed by atoms with van der Waals surface area (Å²) in [6.45, 7) is 3.39. The van der Waals surface area contributed by atoms with Crippen molar-refractivity contribution < 1.29 is 23.5 Å². The largest absolute Gasteiger partial charge is 0.480 e. The maximum absolute atomic E-state index is 13.2. The number of carbonyl (C=O) groups is 2. The molecule has 0 aromatic heterocycles. The first-order valence-electron chi connectivity index (χ1n) is 6.64. The van der Waals surface area contributed by atoms with Gasteiger partial charge in [0.1, 0.15) is 6.04 Å². The number of hydrogen-bond acceptors (Lipinski definition) is 2. The fourth-order valence-corrected chi connectivity index (χ4v) is 2.31. The number of aliphatic carboxylic acids is 1. The normalized spacial score (nSPS) is 24.6. The molecule has 0 aromatic rings. The lowest BCUT2D eigenvalue weighted by atomic mass is 9.97. The van der Waals surface area contributed by atoms with Crippen LogP contribution in [0.1, 0.15) is 46.0 Å². The Balaban J connectivity index is 2.60. The van der Waals surface area contributed by atoms with E-state index >= 15 is 0 Å². The number of rotatable bonds is 4. The molecule has 1 amide bonds. The van der Waals surface area contributed by atoms with E-state index in [1.54, 1.807) is 13.8 Å². The summed E-state index contributed by atoms with van der Waals surface area (Å²) in [5, 5.41) is 11.5. The highest BCUT2D eigenvalue weighted by atomic mass is 19.3. The summed E-state index contributed by atoms with van der Waals surface area (Å²) in [5.74, 6) is -4.96. The Hall–Kier alpha value is -1.20. The van der Waals surface area contributed by atoms with Crippen LogP contribution in [0.4, 0.5) is 8.78 Å². The van der Waals surface area contributed by atoms with Crippen LogP contribution in [-0.2, 0) is 9.59 Å².